The highest BCUT2D eigenvalue weighted by atomic mass is 19.4. The van der Waals surface area contributed by atoms with Crippen molar-refractivity contribution in [3.63, 3.8) is 0 Å². The first-order valence-electron chi connectivity index (χ1n) is 5.31. The number of ether oxygens (including phenoxy) is 1. The summed E-state index contributed by atoms with van der Waals surface area (Å²) in [6.07, 6.45) is -5.09. The maximum absolute atomic E-state index is 12.5. The molecule has 0 aromatic carbocycles. The zero-order chi connectivity index (χ0) is 13.2. The van der Waals surface area contributed by atoms with Crippen molar-refractivity contribution in [2.24, 2.45) is 0 Å². The molecule has 1 unspecified atom stereocenters. The first kappa shape index (κ1) is 12.6. The third-order valence-corrected chi connectivity index (χ3v) is 2.56. The van der Waals surface area contributed by atoms with Gasteiger partial charge < -0.3 is 9.64 Å². The number of nitrogens with zero attached hydrogens (tertiary/aromatic N) is 3. The van der Waals surface area contributed by atoms with Gasteiger partial charge in [-0.3, -0.25) is 0 Å². The summed E-state index contributed by atoms with van der Waals surface area (Å²) in [6, 6.07) is 5.66. The molecule has 2 heterocycles. The Balaban J connectivity index is 2.21. The van der Waals surface area contributed by atoms with Crippen LogP contribution in [0.15, 0.2) is 18.2 Å². The van der Waals surface area contributed by atoms with Crippen LogP contribution in [0.2, 0.25) is 0 Å². The number of morpholine rings is 1. The van der Waals surface area contributed by atoms with Crippen molar-refractivity contribution in [2.45, 2.75) is 12.3 Å². The fraction of sp³-hybridized carbons (Fsp3) is 0.455. The molecule has 2 rings (SSSR count). The van der Waals surface area contributed by atoms with E-state index in [1.165, 1.54) is 12.1 Å². The van der Waals surface area contributed by atoms with Crippen molar-refractivity contribution in [3.05, 3.63) is 23.9 Å². The van der Waals surface area contributed by atoms with Gasteiger partial charge in [-0.05, 0) is 12.1 Å². The van der Waals surface area contributed by atoms with Crippen molar-refractivity contribution in [3.8, 4) is 6.07 Å². The first-order chi connectivity index (χ1) is 8.50. The van der Waals surface area contributed by atoms with E-state index in [9.17, 15) is 13.2 Å². The van der Waals surface area contributed by atoms with Crippen LogP contribution in [0.25, 0.3) is 0 Å². The number of rotatable bonds is 1. The number of anilines is 1. The van der Waals surface area contributed by atoms with Crippen molar-refractivity contribution >= 4 is 5.82 Å². The van der Waals surface area contributed by atoms with Gasteiger partial charge in [0, 0.05) is 6.54 Å². The Kier molecular flexibility index (Phi) is 3.39. The summed E-state index contributed by atoms with van der Waals surface area (Å²) in [4.78, 5) is 5.19. The van der Waals surface area contributed by atoms with Crippen LogP contribution in [0.1, 0.15) is 5.69 Å². The highest BCUT2D eigenvalue weighted by Gasteiger charge is 2.33. The zero-order valence-electron chi connectivity index (χ0n) is 9.31. The van der Waals surface area contributed by atoms with Gasteiger partial charge in [0.15, 0.2) is 6.10 Å². The van der Waals surface area contributed by atoms with Crippen LogP contribution in [-0.4, -0.2) is 30.8 Å². The lowest BCUT2D eigenvalue weighted by Gasteiger charge is -2.30. The second kappa shape index (κ2) is 4.82. The Morgan fingerprint density at radius 1 is 1.44 bits per heavy atom. The van der Waals surface area contributed by atoms with Gasteiger partial charge in [0.05, 0.1) is 19.2 Å². The SMILES string of the molecule is N#CC1CN(c2cccc(C(F)(F)F)n2)CCO1. The lowest BCUT2D eigenvalue weighted by molar-refractivity contribution is -0.141. The standard InChI is InChI=1S/C11H10F3N3O/c12-11(13,14)9-2-1-3-10(16-9)17-4-5-18-8(6-15)7-17/h1-3,8H,4-5,7H2. The van der Waals surface area contributed by atoms with E-state index in [1.807, 2.05) is 6.07 Å². The molecule has 0 amide bonds. The molecule has 1 aliphatic rings. The number of hydrogen-bond donors (Lipinski definition) is 0. The van der Waals surface area contributed by atoms with Crippen LogP contribution >= 0.6 is 0 Å². The molecule has 0 N–H and O–H groups in total. The van der Waals surface area contributed by atoms with E-state index in [1.54, 1.807) is 4.90 Å². The molecule has 0 bridgehead atoms. The highest BCUT2D eigenvalue weighted by molar-refractivity contribution is 5.40. The molecular weight excluding hydrogens is 247 g/mol. The van der Waals surface area contributed by atoms with Gasteiger partial charge in [-0.25, -0.2) is 4.98 Å². The Labute approximate surface area is 102 Å². The average Bonchev–Trinajstić information content (AvgIpc) is 2.38. The molecule has 0 radical (unpaired) electrons. The molecule has 1 saturated heterocycles. The minimum atomic E-state index is -4.46. The van der Waals surface area contributed by atoms with Gasteiger partial charge in [-0.15, -0.1) is 0 Å². The number of hydrogen-bond acceptors (Lipinski definition) is 4. The van der Waals surface area contributed by atoms with E-state index in [-0.39, 0.29) is 12.4 Å². The van der Waals surface area contributed by atoms with Gasteiger partial charge in [0.2, 0.25) is 0 Å². The quantitative estimate of drug-likeness (QED) is 0.770. The number of nitriles is 1. The number of alkyl halides is 3. The molecule has 1 aromatic heterocycles. The molecule has 0 spiro atoms. The average molecular weight is 257 g/mol. The smallest absolute Gasteiger partial charge is 0.360 e. The maximum Gasteiger partial charge on any atom is 0.433 e. The third-order valence-electron chi connectivity index (χ3n) is 2.56. The van der Waals surface area contributed by atoms with Crippen molar-refractivity contribution in [1.29, 1.82) is 5.26 Å². The molecule has 7 heteroatoms. The fourth-order valence-corrected chi connectivity index (χ4v) is 1.69. The van der Waals surface area contributed by atoms with E-state index in [4.69, 9.17) is 10.00 Å². The van der Waals surface area contributed by atoms with Crippen molar-refractivity contribution in [1.82, 2.24) is 4.98 Å². The summed E-state index contributed by atoms with van der Waals surface area (Å²) in [5.74, 6) is 0.216. The Hall–Kier alpha value is -1.81. The molecule has 1 aliphatic heterocycles. The molecule has 1 atom stereocenters. The van der Waals surface area contributed by atoms with E-state index in [0.717, 1.165) is 6.07 Å². The van der Waals surface area contributed by atoms with E-state index in [2.05, 4.69) is 4.98 Å². The number of aromatic nitrogens is 1. The molecule has 18 heavy (non-hydrogen) atoms. The molecule has 1 aromatic rings. The van der Waals surface area contributed by atoms with E-state index >= 15 is 0 Å². The lowest BCUT2D eigenvalue weighted by Crippen LogP contribution is -2.42. The van der Waals surface area contributed by atoms with Crippen LogP contribution in [0, 0.1) is 11.3 Å². The Morgan fingerprint density at radius 2 is 2.22 bits per heavy atom. The summed E-state index contributed by atoms with van der Waals surface area (Å²) in [5.41, 5.74) is -0.931. The highest BCUT2D eigenvalue weighted by Crippen LogP contribution is 2.29. The van der Waals surface area contributed by atoms with E-state index in [0.29, 0.717) is 13.2 Å². The monoisotopic (exact) mass is 257 g/mol. The Bertz CT molecular complexity index is 469. The molecule has 4 nitrogen and oxygen atoms in total. The number of pyridine rings is 1. The van der Waals surface area contributed by atoms with Gasteiger partial charge >= 0.3 is 6.18 Å². The summed E-state index contributed by atoms with van der Waals surface area (Å²) < 4.78 is 42.7. The summed E-state index contributed by atoms with van der Waals surface area (Å²) in [7, 11) is 0. The van der Waals surface area contributed by atoms with Crippen LogP contribution in [0.5, 0.6) is 0 Å². The normalized spacial score (nSPS) is 20.6. The molecule has 0 aliphatic carbocycles. The van der Waals surface area contributed by atoms with Crippen LogP contribution in [-0.2, 0) is 10.9 Å². The van der Waals surface area contributed by atoms with E-state index < -0.39 is 18.0 Å². The summed E-state index contributed by atoms with van der Waals surface area (Å²) in [5, 5.41) is 8.74. The minimum Gasteiger partial charge on any atom is -0.360 e. The molecule has 0 saturated carbocycles. The predicted octanol–water partition coefficient (Wildman–Crippen LogP) is 1.83. The van der Waals surface area contributed by atoms with Crippen molar-refractivity contribution in [2.75, 3.05) is 24.6 Å². The van der Waals surface area contributed by atoms with Crippen molar-refractivity contribution < 1.29 is 17.9 Å². The summed E-state index contributed by atoms with van der Waals surface area (Å²) >= 11 is 0. The predicted molar refractivity (Wildman–Crippen MR) is 56.8 cm³/mol. The molecular formula is C11H10F3N3O. The van der Waals surface area contributed by atoms with Crippen LogP contribution in [0.3, 0.4) is 0 Å². The largest absolute Gasteiger partial charge is 0.433 e. The lowest BCUT2D eigenvalue weighted by atomic mass is 10.2. The second-order valence-electron chi connectivity index (χ2n) is 3.81. The minimum absolute atomic E-state index is 0.216. The van der Waals surface area contributed by atoms with Crippen LogP contribution < -0.4 is 4.90 Å². The zero-order valence-corrected chi connectivity index (χ0v) is 9.31. The van der Waals surface area contributed by atoms with Gasteiger partial charge in [0.25, 0.3) is 0 Å². The van der Waals surface area contributed by atoms with Gasteiger partial charge in [0.1, 0.15) is 11.5 Å². The summed E-state index contributed by atoms with van der Waals surface area (Å²) in [6.45, 7) is 0.952. The molecule has 1 fully saturated rings. The fourth-order valence-electron chi connectivity index (χ4n) is 1.69. The van der Waals surface area contributed by atoms with Crippen LogP contribution in [0.4, 0.5) is 19.0 Å². The topological polar surface area (TPSA) is 49.2 Å². The second-order valence-corrected chi connectivity index (χ2v) is 3.81. The number of halogens is 3. The van der Waals surface area contributed by atoms with Gasteiger partial charge in [-0.2, -0.15) is 18.4 Å². The third kappa shape index (κ3) is 2.71. The van der Waals surface area contributed by atoms with Gasteiger partial charge in [-0.1, -0.05) is 6.07 Å². The molecule has 96 valence electrons. The Morgan fingerprint density at radius 3 is 2.89 bits per heavy atom. The maximum atomic E-state index is 12.5. The first-order valence-corrected chi connectivity index (χ1v) is 5.31.